The van der Waals surface area contributed by atoms with Crippen molar-refractivity contribution >= 4 is 17.5 Å². The van der Waals surface area contributed by atoms with Crippen molar-refractivity contribution in [1.29, 1.82) is 0 Å². The highest BCUT2D eigenvalue weighted by molar-refractivity contribution is 6.09. The van der Waals surface area contributed by atoms with Crippen LogP contribution < -0.4 is 19.5 Å². The fourth-order valence-corrected chi connectivity index (χ4v) is 3.59. The van der Waals surface area contributed by atoms with Crippen LogP contribution in [-0.2, 0) is 11.3 Å². The first kappa shape index (κ1) is 23.6. The van der Waals surface area contributed by atoms with Crippen LogP contribution in [0.5, 0.6) is 17.2 Å². The number of ketones is 1. The van der Waals surface area contributed by atoms with E-state index in [9.17, 15) is 9.59 Å². The Balaban J connectivity index is 1.35. The Morgan fingerprint density at radius 3 is 2.31 bits per heavy atom. The second-order valence-corrected chi connectivity index (χ2v) is 7.58. The van der Waals surface area contributed by atoms with Gasteiger partial charge in [-0.2, -0.15) is 5.10 Å². The van der Waals surface area contributed by atoms with Gasteiger partial charge in [-0.1, -0.05) is 42.5 Å². The molecule has 0 saturated carbocycles. The van der Waals surface area contributed by atoms with Crippen LogP contribution >= 0.6 is 0 Å². The lowest BCUT2D eigenvalue weighted by molar-refractivity contribution is -0.118. The first-order valence-electron chi connectivity index (χ1n) is 10.9. The lowest BCUT2D eigenvalue weighted by Crippen LogP contribution is -2.22. The minimum Gasteiger partial charge on any atom is -0.493 e. The molecule has 3 aromatic carbocycles. The minimum absolute atomic E-state index is 0.0733. The molecule has 1 N–H and O–H groups in total. The van der Waals surface area contributed by atoms with E-state index >= 15 is 0 Å². The summed E-state index contributed by atoms with van der Waals surface area (Å²) in [5, 5.41) is 7.11. The van der Waals surface area contributed by atoms with Gasteiger partial charge >= 0.3 is 0 Å². The smallest absolute Gasteiger partial charge is 0.263 e. The van der Waals surface area contributed by atoms with Gasteiger partial charge < -0.3 is 19.5 Å². The number of hydrogen-bond acceptors (Lipinski definition) is 6. The number of aromatic nitrogens is 2. The summed E-state index contributed by atoms with van der Waals surface area (Å²) in [5.41, 5.74) is 2.01. The summed E-state index contributed by atoms with van der Waals surface area (Å²) in [6.45, 7) is 0.181. The van der Waals surface area contributed by atoms with E-state index in [0.717, 1.165) is 5.56 Å². The van der Waals surface area contributed by atoms with Crippen molar-refractivity contribution in [2.24, 2.45) is 0 Å². The topological polar surface area (TPSA) is 91.7 Å². The molecule has 8 nitrogen and oxygen atoms in total. The van der Waals surface area contributed by atoms with E-state index in [-0.39, 0.29) is 18.3 Å². The molecule has 1 heterocycles. The van der Waals surface area contributed by atoms with Crippen LogP contribution in [0, 0.1) is 0 Å². The van der Waals surface area contributed by atoms with Gasteiger partial charge in [-0.3, -0.25) is 9.59 Å². The molecule has 1 amide bonds. The maximum absolute atomic E-state index is 12.5. The number of nitrogens with one attached hydrogen (secondary N) is 1. The molecule has 0 aliphatic heterocycles. The summed E-state index contributed by atoms with van der Waals surface area (Å²) >= 11 is 0. The number of amides is 1. The molecule has 1 aromatic heterocycles. The average molecular weight is 472 g/mol. The molecule has 0 unspecified atom stereocenters. The molecule has 4 rings (SSSR count). The molecule has 0 spiro atoms. The van der Waals surface area contributed by atoms with Gasteiger partial charge in [0.1, 0.15) is 11.6 Å². The van der Waals surface area contributed by atoms with Gasteiger partial charge in [-0.05, 0) is 30.3 Å². The standard InChI is InChI=1S/C27H25N3O5/c1-33-23-10-6-9-21(27(23)34-2)17-30-24(15-16-28-30)29-25(31)18-35-22-13-11-20(12-14-22)26(32)19-7-4-3-5-8-19/h3-16H,17-18H2,1-2H3,(H,29,31). The van der Waals surface area contributed by atoms with E-state index in [1.165, 1.54) is 0 Å². The molecule has 0 saturated heterocycles. The molecule has 0 atom stereocenters. The molecule has 35 heavy (non-hydrogen) atoms. The maximum atomic E-state index is 12.5. The van der Waals surface area contributed by atoms with E-state index in [1.807, 2.05) is 36.4 Å². The fraction of sp³-hybridized carbons (Fsp3) is 0.148. The van der Waals surface area contributed by atoms with Gasteiger partial charge in [-0.15, -0.1) is 0 Å². The molecule has 0 aliphatic carbocycles. The van der Waals surface area contributed by atoms with E-state index in [0.29, 0.717) is 40.7 Å². The van der Waals surface area contributed by atoms with Crippen LogP contribution in [0.1, 0.15) is 21.5 Å². The summed E-state index contributed by atoms with van der Waals surface area (Å²) < 4.78 is 18.1. The molecular formula is C27H25N3O5. The van der Waals surface area contributed by atoms with E-state index in [1.54, 1.807) is 67.6 Å². The molecule has 0 radical (unpaired) electrons. The molecule has 0 bridgehead atoms. The Morgan fingerprint density at radius 1 is 0.857 bits per heavy atom. The summed E-state index contributed by atoms with van der Waals surface area (Å²) in [4.78, 5) is 25.0. The highest BCUT2D eigenvalue weighted by Crippen LogP contribution is 2.31. The number of carbonyl (C=O) groups is 2. The molecule has 8 heteroatoms. The zero-order chi connectivity index (χ0) is 24.6. The van der Waals surface area contributed by atoms with Crippen molar-refractivity contribution in [2.45, 2.75) is 6.54 Å². The van der Waals surface area contributed by atoms with Crippen molar-refractivity contribution in [3.63, 3.8) is 0 Å². The van der Waals surface area contributed by atoms with Gasteiger partial charge in [-0.25, -0.2) is 4.68 Å². The van der Waals surface area contributed by atoms with Gasteiger partial charge in [0.25, 0.3) is 5.91 Å². The minimum atomic E-state index is -0.339. The number of ether oxygens (including phenoxy) is 3. The van der Waals surface area contributed by atoms with Crippen molar-refractivity contribution in [3.8, 4) is 17.2 Å². The fourth-order valence-electron chi connectivity index (χ4n) is 3.59. The third kappa shape index (κ3) is 5.67. The Bertz CT molecular complexity index is 1300. The summed E-state index contributed by atoms with van der Waals surface area (Å²) in [5.74, 6) is 1.82. The van der Waals surface area contributed by atoms with Crippen LogP contribution in [0.3, 0.4) is 0 Å². The number of methoxy groups -OCH3 is 2. The monoisotopic (exact) mass is 471 g/mol. The quantitative estimate of drug-likeness (QED) is 0.349. The molecule has 178 valence electrons. The lowest BCUT2D eigenvalue weighted by Gasteiger charge is -2.14. The predicted octanol–water partition coefficient (Wildman–Crippen LogP) is 4.20. The zero-order valence-corrected chi connectivity index (χ0v) is 19.4. The van der Waals surface area contributed by atoms with Crippen LogP contribution in [0.2, 0.25) is 0 Å². The summed E-state index contributed by atoms with van der Waals surface area (Å²) in [6.07, 6.45) is 1.60. The number of rotatable bonds is 10. The molecule has 4 aromatic rings. The van der Waals surface area contributed by atoms with E-state index in [2.05, 4.69) is 10.4 Å². The number of hydrogen-bond donors (Lipinski definition) is 1. The molecule has 0 aliphatic rings. The SMILES string of the molecule is COc1cccc(Cn2nccc2NC(=O)COc2ccc(C(=O)c3ccccc3)cc2)c1OC. The first-order valence-corrected chi connectivity index (χ1v) is 10.9. The summed E-state index contributed by atoms with van der Waals surface area (Å²) in [6, 6.07) is 23.0. The van der Waals surface area contributed by atoms with E-state index < -0.39 is 0 Å². The van der Waals surface area contributed by atoms with Crippen LogP contribution in [0.4, 0.5) is 5.82 Å². The highest BCUT2D eigenvalue weighted by Gasteiger charge is 2.14. The normalized spacial score (nSPS) is 10.5. The number of carbonyl (C=O) groups excluding carboxylic acids is 2. The number of anilines is 1. The predicted molar refractivity (Wildman–Crippen MR) is 131 cm³/mol. The summed E-state index contributed by atoms with van der Waals surface area (Å²) in [7, 11) is 3.16. The number of benzene rings is 3. The Labute approximate surface area is 203 Å². The lowest BCUT2D eigenvalue weighted by atomic mass is 10.0. The Kier molecular flexibility index (Phi) is 7.42. The van der Waals surface area contributed by atoms with Crippen LogP contribution in [0.25, 0.3) is 0 Å². The van der Waals surface area contributed by atoms with Crippen LogP contribution in [0.15, 0.2) is 85.1 Å². The number of para-hydroxylation sites is 1. The Morgan fingerprint density at radius 2 is 1.60 bits per heavy atom. The van der Waals surface area contributed by atoms with Gasteiger partial charge in [0.2, 0.25) is 0 Å². The van der Waals surface area contributed by atoms with Gasteiger partial charge in [0.15, 0.2) is 23.9 Å². The van der Waals surface area contributed by atoms with Crippen molar-refractivity contribution in [2.75, 3.05) is 26.1 Å². The third-order valence-electron chi connectivity index (χ3n) is 5.31. The number of nitrogens with zero attached hydrogens (tertiary/aromatic N) is 2. The second kappa shape index (κ2) is 11.0. The van der Waals surface area contributed by atoms with Crippen LogP contribution in [-0.4, -0.2) is 42.3 Å². The Hall–Kier alpha value is -4.59. The van der Waals surface area contributed by atoms with Gasteiger partial charge in [0.05, 0.1) is 27.0 Å². The first-order chi connectivity index (χ1) is 17.1. The third-order valence-corrected chi connectivity index (χ3v) is 5.31. The second-order valence-electron chi connectivity index (χ2n) is 7.58. The van der Waals surface area contributed by atoms with Crippen molar-refractivity contribution in [1.82, 2.24) is 9.78 Å². The van der Waals surface area contributed by atoms with Gasteiger partial charge in [0, 0.05) is 22.8 Å². The largest absolute Gasteiger partial charge is 0.493 e. The van der Waals surface area contributed by atoms with Crippen molar-refractivity contribution in [3.05, 3.63) is 102 Å². The van der Waals surface area contributed by atoms with Crippen molar-refractivity contribution < 1.29 is 23.8 Å². The van der Waals surface area contributed by atoms with E-state index in [4.69, 9.17) is 14.2 Å². The zero-order valence-electron chi connectivity index (χ0n) is 19.4. The molecule has 0 fully saturated rings. The highest BCUT2D eigenvalue weighted by atomic mass is 16.5. The average Bonchev–Trinajstić information content (AvgIpc) is 3.33. The molecular weight excluding hydrogens is 446 g/mol. The maximum Gasteiger partial charge on any atom is 0.263 e.